The van der Waals surface area contributed by atoms with Crippen LogP contribution in [0.4, 0.5) is 19.1 Å². The van der Waals surface area contributed by atoms with Crippen LogP contribution < -0.4 is 15.8 Å². The molecule has 0 aromatic carbocycles. The fraction of sp³-hybridized carbons (Fsp3) is 0.579. The molecule has 1 aliphatic heterocycles. The Balaban J connectivity index is 2.09. The zero-order valence-electron chi connectivity index (χ0n) is 18.0. The van der Waals surface area contributed by atoms with Gasteiger partial charge in [0.05, 0.1) is 13.1 Å². The minimum absolute atomic E-state index is 0.00131. The van der Waals surface area contributed by atoms with Crippen molar-refractivity contribution in [2.45, 2.75) is 37.4 Å². The van der Waals surface area contributed by atoms with Crippen LogP contribution in [0.3, 0.4) is 0 Å². The Morgan fingerprint density at radius 1 is 1.39 bits per heavy atom. The molecule has 2 N–H and O–H groups in total. The fourth-order valence-corrected chi connectivity index (χ4v) is 4.10. The first-order valence-electron chi connectivity index (χ1n) is 10.0. The summed E-state index contributed by atoms with van der Waals surface area (Å²) >= 11 is 1.28. The normalized spacial score (nSPS) is 16.5. The topological polar surface area (TPSA) is 115 Å². The number of rotatable bonds is 7. The van der Waals surface area contributed by atoms with Gasteiger partial charge in [-0.25, -0.2) is 9.78 Å². The number of thioether (sulfide) groups is 1. The number of esters is 1. The molecule has 0 aliphatic carbocycles. The molecule has 33 heavy (non-hydrogen) atoms. The van der Waals surface area contributed by atoms with Gasteiger partial charge < -0.3 is 20.1 Å². The Morgan fingerprint density at radius 2 is 2.15 bits per heavy atom. The summed E-state index contributed by atoms with van der Waals surface area (Å²) in [6.45, 7) is 2.17. The number of aromatic nitrogens is 4. The van der Waals surface area contributed by atoms with Gasteiger partial charge in [0.2, 0.25) is 5.95 Å². The summed E-state index contributed by atoms with van der Waals surface area (Å²) in [7, 11) is 1.55. The van der Waals surface area contributed by atoms with Crippen molar-refractivity contribution < 1.29 is 27.8 Å². The Bertz CT molecular complexity index is 1140. The van der Waals surface area contributed by atoms with E-state index in [1.54, 1.807) is 14.0 Å². The number of halogens is 3. The largest absolute Gasteiger partial charge is 0.491 e. The summed E-state index contributed by atoms with van der Waals surface area (Å²) in [6, 6.07) is 0. The van der Waals surface area contributed by atoms with Gasteiger partial charge in [-0.2, -0.15) is 18.2 Å². The lowest BCUT2D eigenvalue weighted by Gasteiger charge is -2.36. The Morgan fingerprint density at radius 3 is 2.82 bits per heavy atom. The van der Waals surface area contributed by atoms with Crippen molar-refractivity contribution in [1.82, 2.24) is 24.4 Å². The third kappa shape index (κ3) is 5.43. The maximum atomic E-state index is 13.1. The van der Waals surface area contributed by atoms with Gasteiger partial charge in [0, 0.05) is 32.5 Å². The fourth-order valence-electron chi connectivity index (χ4n) is 3.22. The predicted molar refractivity (Wildman–Crippen MR) is 115 cm³/mol. The molecular weight excluding hydrogens is 465 g/mol. The van der Waals surface area contributed by atoms with Crippen molar-refractivity contribution in [3.05, 3.63) is 10.4 Å². The first-order chi connectivity index (χ1) is 15.7. The molecule has 2 aromatic rings. The number of alkyl halides is 3. The summed E-state index contributed by atoms with van der Waals surface area (Å²) < 4.78 is 45.9. The number of anilines is 1. The summed E-state index contributed by atoms with van der Waals surface area (Å²) in [6.07, 6.45) is -5.92. The molecular formula is C19H23F3N6O4S. The Kier molecular flexibility index (Phi) is 7.88. The van der Waals surface area contributed by atoms with Crippen LogP contribution in [-0.2, 0) is 23.1 Å². The number of carbonyl (C=O) groups is 1. The number of ether oxygens (including phenoxy) is 1. The van der Waals surface area contributed by atoms with E-state index in [9.17, 15) is 22.8 Å². The summed E-state index contributed by atoms with van der Waals surface area (Å²) in [5, 5.41) is 12.3. The number of nitrogens with zero attached hydrogens (tertiary/aromatic N) is 5. The molecule has 0 amide bonds. The molecule has 3 rings (SSSR count). The number of aliphatic hydroxyl groups excluding tert-OH is 1. The number of aliphatic hydroxyl groups is 1. The average Bonchev–Trinajstić information content (AvgIpc) is 3.13. The number of hydrogen-bond acceptors (Lipinski definition) is 9. The highest BCUT2D eigenvalue weighted by Gasteiger charge is 2.44. The Labute approximate surface area is 191 Å². The van der Waals surface area contributed by atoms with E-state index in [1.807, 2.05) is 0 Å². The van der Waals surface area contributed by atoms with E-state index in [2.05, 4.69) is 27.1 Å². The second-order valence-electron chi connectivity index (χ2n) is 7.04. The highest BCUT2D eigenvalue weighted by Crippen LogP contribution is 2.26. The van der Waals surface area contributed by atoms with Crippen LogP contribution in [0, 0.1) is 11.8 Å². The first kappa shape index (κ1) is 24.9. The minimum Gasteiger partial charge on any atom is -0.433 e. The lowest BCUT2D eigenvalue weighted by Crippen LogP contribution is -2.55. The van der Waals surface area contributed by atoms with Crippen LogP contribution in [0.2, 0.25) is 0 Å². The Hall–Kier alpha value is -2.76. The molecule has 0 saturated carbocycles. The highest BCUT2D eigenvalue weighted by atomic mass is 32.2. The second kappa shape index (κ2) is 10.4. The second-order valence-corrected chi connectivity index (χ2v) is 8.10. The molecule has 3 heterocycles. The summed E-state index contributed by atoms with van der Waals surface area (Å²) in [5.41, 5.74) is -0.153. The number of piperazine rings is 1. The van der Waals surface area contributed by atoms with E-state index in [1.165, 1.54) is 25.8 Å². The summed E-state index contributed by atoms with van der Waals surface area (Å²) in [4.78, 5) is 34.9. The molecule has 2 aromatic heterocycles. The number of fused-ring (bicyclic) bond motifs is 1. The van der Waals surface area contributed by atoms with Crippen LogP contribution in [0.25, 0.3) is 11.2 Å². The van der Waals surface area contributed by atoms with Crippen molar-refractivity contribution in [1.29, 1.82) is 0 Å². The lowest BCUT2D eigenvalue weighted by atomic mass is 10.3. The van der Waals surface area contributed by atoms with Gasteiger partial charge >= 0.3 is 12.1 Å². The standard InChI is InChI=1S/C19H23F3N6O4S/c1-3-4-7-28-13-14(25-18(26(2)15(13)30)33-10-5-9-29)24-17(28)27-8-6-23-11-12(27)32-16(31)19(20,21)22/h12,23,29H,5-11H2,1-2H3. The molecule has 0 radical (unpaired) electrons. The SMILES string of the molecule is CC#CCn1c(N2CCNCC2OC(=O)C(F)(F)F)nc2nc(SCCCO)n(C)c(=O)c21. The van der Waals surface area contributed by atoms with Crippen LogP contribution in [0.15, 0.2) is 9.95 Å². The molecule has 10 nitrogen and oxygen atoms in total. The van der Waals surface area contributed by atoms with Gasteiger partial charge in [-0.15, -0.1) is 5.92 Å². The number of imidazole rings is 1. The zero-order chi connectivity index (χ0) is 24.2. The first-order valence-corrected chi connectivity index (χ1v) is 11.0. The van der Waals surface area contributed by atoms with E-state index in [4.69, 9.17) is 9.84 Å². The zero-order valence-corrected chi connectivity index (χ0v) is 18.8. The smallest absolute Gasteiger partial charge is 0.433 e. The van der Waals surface area contributed by atoms with E-state index in [0.29, 0.717) is 23.9 Å². The predicted octanol–water partition coefficient (Wildman–Crippen LogP) is 0.469. The molecule has 1 saturated heterocycles. The van der Waals surface area contributed by atoms with E-state index in [-0.39, 0.29) is 43.4 Å². The van der Waals surface area contributed by atoms with Crippen LogP contribution in [0.1, 0.15) is 13.3 Å². The number of carbonyl (C=O) groups excluding carboxylic acids is 1. The maximum Gasteiger partial charge on any atom is 0.491 e. The molecule has 1 fully saturated rings. The third-order valence-electron chi connectivity index (χ3n) is 4.80. The van der Waals surface area contributed by atoms with Crippen molar-refractivity contribution in [3.63, 3.8) is 0 Å². The molecule has 0 bridgehead atoms. The highest BCUT2D eigenvalue weighted by molar-refractivity contribution is 7.99. The van der Waals surface area contributed by atoms with Crippen molar-refractivity contribution >= 4 is 34.8 Å². The van der Waals surface area contributed by atoms with Crippen LogP contribution in [-0.4, -0.2) is 74.6 Å². The lowest BCUT2D eigenvalue weighted by molar-refractivity contribution is -0.205. The summed E-state index contributed by atoms with van der Waals surface area (Å²) in [5.74, 6) is 3.92. The minimum atomic E-state index is -5.14. The molecule has 180 valence electrons. The average molecular weight is 488 g/mol. The van der Waals surface area contributed by atoms with E-state index >= 15 is 0 Å². The van der Waals surface area contributed by atoms with E-state index in [0.717, 1.165) is 0 Å². The third-order valence-corrected chi connectivity index (χ3v) is 5.92. The quantitative estimate of drug-likeness (QED) is 0.189. The van der Waals surface area contributed by atoms with Gasteiger partial charge in [0.15, 0.2) is 22.5 Å². The molecule has 14 heteroatoms. The van der Waals surface area contributed by atoms with Crippen molar-refractivity contribution in [2.75, 3.05) is 36.9 Å². The number of nitrogens with one attached hydrogen (secondary N) is 1. The van der Waals surface area contributed by atoms with E-state index < -0.39 is 23.9 Å². The van der Waals surface area contributed by atoms with Gasteiger partial charge in [-0.1, -0.05) is 17.7 Å². The number of hydrogen-bond donors (Lipinski definition) is 2. The van der Waals surface area contributed by atoms with Gasteiger partial charge in [0.1, 0.15) is 0 Å². The van der Waals surface area contributed by atoms with Crippen LogP contribution in [0.5, 0.6) is 0 Å². The van der Waals surface area contributed by atoms with Gasteiger partial charge in [-0.3, -0.25) is 13.9 Å². The molecule has 1 atom stereocenters. The van der Waals surface area contributed by atoms with Gasteiger partial charge in [-0.05, 0) is 13.3 Å². The molecule has 1 unspecified atom stereocenters. The van der Waals surface area contributed by atoms with Crippen LogP contribution >= 0.6 is 11.8 Å². The maximum absolute atomic E-state index is 13.1. The van der Waals surface area contributed by atoms with Gasteiger partial charge in [0.25, 0.3) is 5.56 Å². The monoisotopic (exact) mass is 488 g/mol. The molecule has 0 spiro atoms. The molecule has 1 aliphatic rings. The van der Waals surface area contributed by atoms with Crippen molar-refractivity contribution in [3.8, 4) is 11.8 Å². The van der Waals surface area contributed by atoms with Crippen molar-refractivity contribution in [2.24, 2.45) is 7.05 Å².